The molecule has 0 saturated heterocycles. The molecule has 0 aliphatic heterocycles. The number of hydrogen-bond acceptors (Lipinski definition) is 4. The Kier molecular flexibility index (Phi) is 8.54. The van der Waals surface area contributed by atoms with Gasteiger partial charge in [0.25, 0.3) is 6.43 Å². The summed E-state index contributed by atoms with van der Waals surface area (Å²) in [4.78, 5) is 36.3. The molecule has 35 heavy (non-hydrogen) atoms. The van der Waals surface area contributed by atoms with E-state index in [2.05, 4.69) is 28.8 Å². The summed E-state index contributed by atoms with van der Waals surface area (Å²) in [6.45, 7) is 7.39. The summed E-state index contributed by atoms with van der Waals surface area (Å²) in [6, 6.07) is 12.8. The Hall–Kier alpha value is -2.93. The molecule has 0 spiro atoms. The smallest absolute Gasteiger partial charge is 0.299 e. The summed E-state index contributed by atoms with van der Waals surface area (Å²) in [5.74, 6) is 0.374. The largest absolute Gasteiger partial charge is 0.348 e. The van der Waals surface area contributed by atoms with Crippen LogP contribution in [0.3, 0.4) is 0 Å². The summed E-state index contributed by atoms with van der Waals surface area (Å²) < 4.78 is 27.3. The molecule has 2 aromatic carbocycles. The molecule has 8 heteroatoms. The first-order chi connectivity index (χ1) is 16.6. The minimum absolute atomic E-state index is 0.0133. The van der Waals surface area contributed by atoms with Crippen molar-refractivity contribution in [1.82, 2.24) is 15.0 Å². The van der Waals surface area contributed by atoms with Gasteiger partial charge >= 0.3 is 5.69 Å². The van der Waals surface area contributed by atoms with Crippen LogP contribution in [0.5, 0.6) is 0 Å². The Morgan fingerprint density at radius 1 is 1.09 bits per heavy atom. The number of Topliss-reactive ketones (excluding diaryl/α,β-unsaturated/α-hetero) is 1. The third-order valence-corrected chi connectivity index (χ3v) is 6.95. The number of aryl methyl sites for hydroxylation is 1. The maximum Gasteiger partial charge on any atom is 0.348 e. The van der Waals surface area contributed by atoms with Crippen molar-refractivity contribution in [3.8, 4) is 22.8 Å². The fourth-order valence-corrected chi connectivity index (χ4v) is 4.38. The molecule has 1 aromatic heterocycles. The summed E-state index contributed by atoms with van der Waals surface area (Å²) >= 11 is 6.42. The van der Waals surface area contributed by atoms with E-state index in [0.717, 1.165) is 11.1 Å². The summed E-state index contributed by atoms with van der Waals surface area (Å²) in [7, 11) is 0. The van der Waals surface area contributed by atoms with Gasteiger partial charge in [-0.1, -0.05) is 63.6 Å². The second-order valence-electron chi connectivity index (χ2n) is 9.01. The summed E-state index contributed by atoms with van der Waals surface area (Å²) in [5.41, 5.74) is 0.830. The number of aromatic nitrogens is 3. The lowest BCUT2D eigenvalue weighted by atomic mass is 9.76. The van der Waals surface area contributed by atoms with E-state index in [1.54, 1.807) is 32.0 Å². The zero-order valence-electron chi connectivity index (χ0n) is 20.4. The lowest BCUT2D eigenvalue weighted by Crippen LogP contribution is -2.37. The van der Waals surface area contributed by atoms with E-state index in [1.165, 1.54) is 0 Å². The van der Waals surface area contributed by atoms with Gasteiger partial charge in [0.2, 0.25) is 0 Å². The highest BCUT2D eigenvalue weighted by molar-refractivity contribution is 6.33. The molecule has 3 aromatic rings. The van der Waals surface area contributed by atoms with Crippen LogP contribution in [-0.4, -0.2) is 27.2 Å². The molecule has 0 saturated carbocycles. The second-order valence-corrected chi connectivity index (χ2v) is 9.41. The zero-order valence-corrected chi connectivity index (χ0v) is 21.1. The van der Waals surface area contributed by atoms with Crippen LogP contribution < -0.4 is 5.69 Å². The van der Waals surface area contributed by atoms with Crippen molar-refractivity contribution >= 4 is 17.4 Å². The third-order valence-electron chi connectivity index (χ3n) is 6.62. The normalized spacial score (nSPS) is 11.9. The van der Waals surface area contributed by atoms with Crippen molar-refractivity contribution < 1.29 is 13.6 Å². The van der Waals surface area contributed by atoms with Gasteiger partial charge < -0.3 is 0 Å². The van der Waals surface area contributed by atoms with Crippen LogP contribution in [-0.2, 0) is 11.2 Å². The average molecular weight is 502 g/mol. The highest BCUT2D eigenvalue weighted by Crippen LogP contribution is 2.36. The van der Waals surface area contributed by atoms with Crippen LogP contribution in [0.1, 0.15) is 64.0 Å². The molecule has 0 atom stereocenters. The molecular weight excluding hydrogens is 472 g/mol. The van der Waals surface area contributed by atoms with E-state index in [0.29, 0.717) is 22.1 Å². The highest BCUT2D eigenvalue weighted by atomic mass is 35.5. The maximum atomic E-state index is 13.7. The zero-order chi connectivity index (χ0) is 25.8. The molecule has 0 amide bonds. The Labute approximate surface area is 209 Å². The van der Waals surface area contributed by atoms with E-state index < -0.39 is 23.3 Å². The van der Waals surface area contributed by atoms with Gasteiger partial charge in [0.1, 0.15) is 11.6 Å². The molecule has 0 fully saturated rings. The minimum atomic E-state index is -2.70. The van der Waals surface area contributed by atoms with Crippen molar-refractivity contribution in [3.63, 3.8) is 0 Å². The molecule has 3 rings (SSSR count). The van der Waals surface area contributed by atoms with Gasteiger partial charge in [0, 0.05) is 17.5 Å². The monoisotopic (exact) mass is 501 g/mol. The number of hydrogen-bond donors (Lipinski definition) is 1. The predicted molar refractivity (Wildman–Crippen MR) is 135 cm³/mol. The number of carbonyl (C=O) groups excluding carboxylic acids is 1. The van der Waals surface area contributed by atoms with E-state index in [-0.39, 0.29) is 37.3 Å². The second kappa shape index (κ2) is 11.2. The molecule has 0 radical (unpaired) electrons. The molecule has 0 bridgehead atoms. The lowest BCUT2D eigenvalue weighted by molar-refractivity contribution is -0.139. The lowest BCUT2D eigenvalue weighted by Gasteiger charge is -2.29. The quantitative estimate of drug-likeness (QED) is 0.329. The first-order valence-electron chi connectivity index (χ1n) is 11.8. The maximum absolute atomic E-state index is 13.7. The van der Waals surface area contributed by atoms with Crippen molar-refractivity contribution in [1.29, 1.82) is 0 Å². The number of halogens is 3. The first kappa shape index (κ1) is 26.7. The van der Waals surface area contributed by atoms with E-state index in [9.17, 15) is 18.4 Å². The SMILES string of the molecule is CCC(CC)(C(=O)CCc1ccc(Cl)c(-c2nc(-c3cccc(C(C)C)c3)nc(=O)[nH]2)c1)C(F)F. The topological polar surface area (TPSA) is 75.7 Å². The van der Waals surface area contributed by atoms with Crippen LogP contribution in [0.25, 0.3) is 22.8 Å². The van der Waals surface area contributed by atoms with Gasteiger partial charge in [-0.3, -0.25) is 9.78 Å². The molecule has 1 heterocycles. The molecule has 0 unspecified atom stereocenters. The Balaban J connectivity index is 1.92. The molecule has 5 nitrogen and oxygen atoms in total. The van der Waals surface area contributed by atoms with Gasteiger partial charge in [-0.05, 0) is 54.5 Å². The third kappa shape index (κ3) is 5.84. The van der Waals surface area contributed by atoms with Crippen molar-refractivity contribution in [3.05, 3.63) is 69.1 Å². The predicted octanol–water partition coefficient (Wildman–Crippen LogP) is 6.85. The molecule has 186 valence electrons. The minimum Gasteiger partial charge on any atom is -0.299 e. The summed E-state index contributed by atoms with van der Waals surface area (Å²) in [5, 5.41) is 0.361. The number of H-pyrrole nitrogens is 1. The van der Waals surface area contributed by atoms with Crippen LogP contribution in [0.4, 0.5) is 8.78 Å². The van der Waals surface area contributed by atoms with E-state index >= 15 is 0 Å². The fraction of sp³-hybridized carbons (Fsp3) is 0.407. The molecule has 0 aliphatic rings. The number of aromatic amines is 1. The van der Waals surface area contributed by atoms with Crippen LogP contribution in [0.15, 0.2) is 47.3 Å². The Bertz CT molecular complexity index is 1250. The highest BCUT2D eigenvalue weighted by Gasteiger charge is 2.42. The number of nitrogens with zero attached hydrogens (tertiary/aromatic N) is 2. The van der Waals surface area contributed by atoms with Crippen molar-refractivity contribution in [2.24, 2.45) is 5.41 Å². The van der Waals surface area contributed by atoms with Gasteiger partial charge in [0.15, 0.2) is 5.82 Å². The number of ketones is 1. The molecule has 0 aliphatic carbocycles. The number of carbonyl (C=O) groups is 1. The van der Waals surface area contributed by atoms with Crippen LogP contribution in [0, 0.1) is 5.41 Å². The Morgan fingerprint density at radius 3 is 2.43 bits per heavy atom. The van der Waals surface area contributed by atoms with Crippen LogP contribution >= 0.6 is 11.6 Å². The number of benzene rings is 2. The van der Waals surface area contributed by atoms with E-state index in [1.807, 2.05) is 24.3 Å². The Morgan fingerprint density at radius 2 is 1.80 bits per heavy atom. The fourth-order valence-electron chi connectivity index (χ4n) is 4.17. The van der Waals surface area contributed by atoms with Crippen molar-refractivity contribution in [2.45, 2.75) is 65.7 Å². The van der Waals surface area contributed by atoms with Crippen molar-refractivity contribution in [2.75, 3.05) is 0 Å². The van der Waals surface area contributed by atoms with E-state index in [4.69, 9.17) is 11.6 Å². The molecule has 1 N–H and O–H groups in total. The number of rotatable bonds is 10. The standard InChI is InChI=1S/C27H30ClF2N3O2/c1-5-27(6-2,25(29)30)22(34)13-11-17-10-12-21(28)20(14-17)24-31-23(32-26(35)33-24)19-9-7-8-18(15-19)16(3)4/h7-10,12,14-16,25H,5-6,11,13H2,1-4H3,(H,31,32,33,35). The molecular formula is C27H30ClF2N3O2. The van der Waals surface area contributed by atoms with Gasteiger partial charge in [-0.25, -0.2) is 18.6 Å². The van der Waals surface area contributed by atoms with Gasteiger partial charge in [-0.15, -0.1) is 0 Å². The van der Waals surface area contributed by atoms with Crippen LogP contribution in [0.2, 0.25) is 5.02 Å². The first-order valence-corrected chi connectivity index (χ1v) is 12.2. The summed E-state index contributed by atoms with van der Waals surface area (Å²) in [6.07, 6.45) is -2.26. The van der Waals surface area contributed by atoms with Gasteiger partial charge in [-0.2, -0.15) is 4.98 Å². The van der Waals surface area contributed by atoms with Gasteiger partial charge in [0.05, 0.1) is 10.4 Å². The number of nitrogens with one attached hydrogen (secondary N) is 1. The average Bonchev–Trinajstić information content (AvgIpc) is 2.84. The number of alkyl halides is 2.